The van der Waals surface area contributed by atoms with Gasteiger partial charge in [-0.05, 0) is 24.5 Å². The van der Waals surface area contributed by atoms with Crippen molar-refractivity contribution >= 4 is 28.8 Å². The Bertz CT molecular complexity index is 916. The molecule has 0 radical (unpaired) electrons. The number of rotatable bonds is 3. The summed E-state index contributed by atoms with van der Waals surface area (Å²) in [6.45, 7) is 6.26. The molecule has 3 rings (SSSR count). The van der Waals surface area contributed by atoms with Gasteiger partial charge in [-0.3, -0.25) is 0 Å². The van der Waals surface area contributed by atoms with Crippen LogP contribution >= 0.6 is 23.1 Å². The van der Waals surface area contributed by atoms with E-state index in [0.29, 0.717) is 16.4 Å². The monoisotopic (exact) mass is 374 g/mol. The van der Waals surface area contributed by atoms with Gasteiger partial charge in [-0.1, -0.05) is 38.6 Å². The van der Waals surface area contributed by atoms with Crippen molar-refractivity contribution in [3.8, 4) is 21.8 Å². The molecule has 0 saturated carbocycles. The van der Waals surface area contributed by atoms with E-state index in [4.69, 9.17) is 10.7 Å². The first-order chi connectivity index (χ1) is 11.8. The number of nitrogens with two attached hydrogens (primary N) is 1. The number of thioether (sulfide) groups is 1. The first kappa shape index (κ1) is 17.8. The van der Waals surface area contributed by atoms with Crippen LogP contribution in [0.15, 0.2) is 35.6 Å². The molecule has 0 spiro atoms. The van der Waals surface area contributed by atoms with Crippen molar-refractivity contribution in [2.24, 2.45) is 0 Å². The van der Waals surface area contributed by atoms with E-state index in [-0.39, 0.29) is 11.1 Å². The Morgan fingerprint density at radius 3 is 2.60 bits per heavy atom. The van der Waals surface area contributed by atoms with E-state index in [9.17, 15) is 4.39 Å². The van der Waals surface area contributed by atoms with E-state index in [2.05, 4.69) is 30.7 Å². The summed E-state index contributed by atoms with van der Waals surface area (Å²) >= 11 is 3.00. The van der Waals surface area contributed by atoms with Crippen LogP contribution in [0, 0.1) is 5.82 Å². The maximum Gasteiger partial charge on any atom is 0.187 e. The maximum atomic E-state index is 14.6. The van der Waals surface area contributed by atoms with E-state index in [1.807, 2.05) is 12.3 Å². The van der Waals surface area contributed by atoms with Gasteiger partial charge in [0.1, 0.15) is 0 Å². The molecule has 2 heterocycles. The number of benzene rings is 1. The fraction of sp³-hybridized carbons (Fsp3) is 0.278. The Hall–Kier alpha value is -1.99. The molecule has 0 amide bonds. The number of aromatic nitrogens is 3. The smallest absolute Gasteiger partial charge is 0.187 e. The minimum atomic E-state index is -0.450. The van der Waals surface area contributed by atoms with Gasteiger partial charge in [0.15, 0.2) is 11.0 Å². The van der Waals surface area contributed by atoms with Crippen molar-refractivity contribution in [3.63, 3.8) is 0 Å². The molecule has 0 aliphatic rings. The molecule has 0 aliphatic carbocycles. The van der Waals surface area contributed by atoms with Gasteiger partial charge < -0.3 is 5.73 Å². The van der Waals surface area contributed by atoms with Crippen LogP contribution in [0.1, 0.15) is 25.8 Å². The average Bonchev–Trinajstić information content (AvgIpc) is 3.03. The van der Waals surface area contributed by atoms with Crippen LogP contribution in [0.4, 0.5) is 10.1 Å². The number of thiazole rings is 1. The van der Waals surface area contributed by atoms with E-state index < -0.39 is 5.82 Å². The number of hydrogen-bond acceptors (Lipinski definition) is 6. The topological polar surface area (TPSA) is 64.7 Å². The van der Waals surface area contributed by atoms with Crippen LogP contribution in [0.3, 0.4) is 0 Å². The lowest BCUT2D eigenvalue weighted by Crippen LogP contribution is -2.10. The second-order valence-electron chi connectivity index (χ2n) is 6.58. The van der Waals surface area contributed by atoms with Crippen molar-refractivity contribution in [1.29, 1.82) is 0 Å². The van der Waals surface area contributed by atoms with Crippen molar-refractivity contribution in [2.75, 3.05) is 12.0 Å². The summed E-state index contributed by atoms with van der Waals surface area (Å²) < 4.78 is 14.6. The molecule has 0 saturated heterocycles. The summed E-state index contributed by atoms with van der Waals surface area (Å²) in [5.74, 6) is -0.450. The molecule has 3 aromatic rings. The van der Waals surface area contributed by atoms with Gasteiger partial charge in [0.25, 0.3) is 0 Å². The second kappa shape index (κ2) is 6.72. The standard InChI is InChI=1S/C18H19FN4S2/c1-18(2,3)16-23-14(10-6-5-7-11(20)13(10)19)15(25-16)12-8-9-21-17(22-12)24-4/h5-9H,20H2,1-4H3. The minimum absolute atomic E-state index is 0.112. The molecule has 0 fully saturated rings. The molecule has 2 N–H and O–H groups in total. The SMILES string of the molecule is CSc1nccc(-c2sc(C(C)(C)C)nc2-c2cccc(N)c2F)n1. The molecule has 4 nitrogen and oxygen atoms in total. The molecule has 1 aromatic carbocycles. The number of hydrogen-bond donors (Lipinski definition) is 1. The van der Waals surface area contributed by atoms with Crippen molar-refractivity contribution in [3.05, 3.63) is 41.3 Å². The van der Waals surface area contributed by atoms with Gasteiger partial charge in [-0.15, -0.1) is 11.3 Å². The lowest BCUT2D eigenvalue weighted by atomic mass is 9.98. The van der Waals surface area contributed by atoms with Crippen molar-refractivity contribution in [1.82, 2.24) is 15.0 Å². The average molecular weight is 375 g/mol. The lowest BCUT2D eigenvalue weighted by molar-refractivity contribution is 0.585. The van der Waals surface area contributed by atoms with Crippen LogP contribution in [0.5, 0.6) is 0 Å². The highest BCUT2D eigenvalue weighted by Crippen LogP contribution is 2.41. The Morgan fingerprint density at radius 1 is 1.16 bits per heavy atom. The Balaban J connectivity index is 2.26. The van der Waals surface area contributed by atoms with Crippen LogP contribution in [0.25, 0.3) is 21.8 Å². The van der Waals surface area contributed by atoms with Gasteiger partial charge >= 0.3 is 0 Å². The van der Waals surface area contributed by atoms with E-state index >= 15 is 0 Å². The summed E-state index contributed by atoms with van der Waals surface area (Å²) in [6, 6.07) is 6.81. The van der Waals surface area contributed by atoms with Crippen LogP contribution < -0.4 is 5.73 Å². The van der Waals surface area contributed by atoms with E-state index in [1.165, 1.54) is 23.1 Å². The molecule has 0 atom stereocenters. The highest BCUT2D eigenvalue weighted by Gasteiger charge is 2.25. The molecule has 130 valence electrons. The Labute approximate surface area is 154 Å². The van der Waals surface area contributed by atoms with Gasteiger partial charge in [-0.25, -0.2) is 19.3 Å². The predicted octanol–water partition coefficient (Wildman–Crippen LogP) is 5.01. The molecular weight excluding hydrogens is 355 g/mol. The first-order valence-corrected chi connectivity index (χ1v) is 9.78. The van der Waals surface area contributed by atoms with Gasteiger partial charge in [-0.2, -0.15) is 0 Å². The maximum absolute atomic E-state index is 14.6. The van der Waals surface area contributed by atoms with Crippen molar-refractivity contribution in [2.45, 2.75) is 31.3 Å². The van der Waals surface area contributed by atoms with Gasteiger partial charge in [0.05, 0.1) is 27.0 Å². The van der Waals surface area contributed by atoms with E-state index in [1.54, 1.807) is 24.4 Å². The summed E-state index contributed by atoms with van der Waals surface area (Å²) in [5.41, 5.74) is 7.43. The number of nitrogen functional groups attached to an aromatic ring is 1. The van der Waals surface area contributed by atoms with E-state index in [0.717, 1.165) is 15.6 Å². The quantitative estimate of drug-likeness (QED) is 0.397. The third kappa shape index (κ3) is 3.52. The minimum Gasteiger partial charge on any atom is -0.396 e. The van der Waals surface area contributed by atoms with Gasteiger partial charge in [0, 0.05) is 17.2 Å². The Morgan fingerprint density at radius 2 is 1.92 bits per heavy atom. The number of nitrogens with zero attached hydrogens (tertiary/aromatic N) is 3. The molecule has 7 heteroatoms. The second-order valence-corrected chi connectivity index (χ2v) is 8.36. The normalized spacial score (nSPS) is 11.7. The molecule has 0 aliphatic heterocycles. The Kier molecular flexibility index (Phi) is 4.79. The molecule has 2 aromatic heterocycles. The predicted molar refractivity (Wildman–Crippen MR) is 103 cm³/mol. The zero-order chi connectivity index (χ0) is 18.2. The summed E-state index contributed by atoms with van der Waals surface area (Å²) in [6.07, 6.45) is 3.63. The summed E-state index contributed by atoms with van der Waals surface area (Å²) in [4.78, 5) is 14.3. The lowest BCUT2D eigenvalue weighted by Gasteiger charge is -2.13. The van der Waals surface area contributed by atoms with Crippen LogP contribution in [-0.4, -0.2) is 21.2 Å². The summed E-state index contributed by atoms with van der Waals surface area (Å²) in [5, 5.41) is 1.59. The number of anilines is 1. The van der Waals surface area contributed by atoms with Crippen LogP contribution in [0.2, 0.25) is 0 Å². The fourth-order valence-corrected chi connectivity index (χ4v) is 3.76. The zero-order valence-electron chi connectivity index (χ0n) is 14.5. The first-order valence-electron chi connectivity index (χ1n) is 7.74. The molecular formula is C18H19FN4S2. The third-order valence-electron chi connectivity index (χ3n) is 3.60. The third-order valence-corrected chi connectivity index (χ3v) is 5.67. The summed E-state index contributed by atoms with van der Waals surface area (Å²) in [7, 11) is 0. The highest BCUT2D eigenvalue weighted by molar-refractivity contribution is 7.98. The number of halogens is 1. The highest BCUT2D eigenvalue weighted by atomic mass is 32.2. The zero-order valence-corrected chi connectivity index (χ0v) is 16.1. The van der Waals surface area contributed by atoms with Gasteiger partial charge in [0.2, 0.25) is 0 Å². The molecule has 25 heavy (non-hydrogen) atoms. The van der Waals surface area contributed by atoms with Crippen molar-refractivity contribution < 1.29 is 4.39 Å². The largest absolute Gasteiger partial charge is 0.396 e. The molecule has 0 bridgehead atoms. The fourth-order valence-electron chi connectivity index (χ4n) is 2.30. The molecule has 0 unspecified atom stereocenters. The van der Waals surface area contributed by atoms with Crippen LogP contribution in [-0.2, 0) is 5.41 Å².